The molecule has 1 aliphatic heterocycles. The number of hydrogen-bond acceptors (Lipinski definition) is 3. The van der Waals surface area contributed by atoms with Gasteiger partial charge in [-0.25, -0.2) is 4.98 Å². The molecule has 0 radical (unpaired) electrons. The molecular formula is C17H21ClN4O. The molecule has 23 heavy (non-hydrogen) atoms. The normalized spacial score (nSPS) is 14.3. The molecule has 1 aliphatic rings. The third kappa shape index (κ3) is 3.50. The predicted octanol–water partition coefficient (Wildman–Crippen LogP) is 3.40. The SMILES string of the molecule is CCn1ccnc1CNc1ccc(Cl)cc1C(=O)N1CCCC1. The Balaban J connectivity index is 1.80. The molecule has 0 saturated carbocycles. The molecule has 1 fully saturated rings. The van der Waals surface area contributed by atoms with E-state index in [0.717, 1.165) is 44.0 Å². The minimum atomic E-state index is 0.0475. The van der Waals surface area contributed by atoms with Crippen LogP contribution in [0, 0.1) is 0 Å². The van der Waals surface area contributed by atoms with Crippen molar-refractivity contribution in [2.75, 3.05) is 18.4 Å². The van der Waals surface area contributed by atoms with Crippen molar-refractivity contribution in [3.63, 3.8) is 0 Å². The van der Waals surface area contributed by atoms with E-state index >= 15 is 0 Å². The molecule has 0 aliphatic carbocycles. The molecule has 3 rings (SSSR count). The molecule has 0 spiro atoms. The van der Waals surface area contributed by atoms with Gasteiger partial charge < -0.3 is 14.8 Å². The monoisotopic (exact) mass is 332 g/mol. The van der Waals surface area contributed by atoms with Crippen molar-refractivity contribution in [1.82, 2.24) is 14.5 Å². The number of aryl methyl sites for hydroxylation is 1. The number of anilines is 1. The van der Waals surface area contributed by atoms with Gasteiger partial charge in [0.1, 0.15) is 5.82 Å². The van der Waals surface area contributed by atoms with Gasteiger partial charge in [0.2, 0.25) is 0 Å². The Morgan fingerprint density at radius 1 is 1.35 bits per heavy atom. The summed E-state index contributed by atoms with van der Waals surface area (Å²) in [7, 11) is 0. The van der Waals surface area contributed by atoms with Gasteiger partial charge in [-0.3, -0.25) is 4.79 Å². The molecule has 122 valence electrons. The Morgan fingerprint density at radius 3 is 2.87 bits per heavy atom. The van der Waals surface area contributed by atoms with Gasteiger partial charge in [-0.1, -0.05) is 11.6 Å². The Bertz CT molecular complexity index is 692. The molecule has 2 heterocycles. The number of aromatic nitrogens is 2. The fourth-order valence-corrected chi connectivity index (χ4v) is 3.08. The third-order valence-electron chi connectivity index (χ3n) is 4.18. The fraction of sp³-hybridized carbons (Fsp3) is 0.412. The maximum absolute atomic E-state index is 12.7. The van der Waals surface area contributed by atoms with Gasteiger partial charge in [-0.05, 0) is 38.0 Å². The molecule has 1 aromatic carbocycles. The van der Waals surface area contributed by atoms with E-state index in [0.29, 0.717) is 17.1 Å². The van der Waals surface area contributed by atoms with Gasteiger partial charge in [-0.2, -0.15) is 0 Å². The van der Waals surface area contributed by atoms with E-state index in [4.69, 9.17) is 11.6 Å². The number of benzene rings is 1. The van der Waals surface area contributed by atoms with Crippen molar-refractivity contribution in [2.24, 2.45) is 0 Å². The van der Waals surface area contributed by atoms with Gasteiger partial charge >= 0.3 is 0 Å². The summed E-state index contributed by atoms with van der Waals surface area (Å²) < 4.78 is 2.07. The summed E-state index contributed by atoms with van der Waals surface area (Å²) in [6, 6.07) is 5.42. The molecular weight excluding hydrogens is 312 g/mol. The van der Waals surface area contributed by atoms with Crippen molar-refractivity contribution in [3.05, 3.63) is 47.0 Å². The summed E-state index contributed by atoms with van der Waals surface area (Å²) in [5.41, 5.74) is 1.44. The number of nitrogens with one attached hydrogen (secondary N) is 1. The molecule has 0 unspecified atom stereocenters. The second kappa shape index (κ2) is 7.04. The summed E-state index contributed by atoms with van der Waals surface area (Å²) >= 11 is 6.10. The van der Waals surface area contributed by atoms with E-state index in [9.17, 15) is 4.79 Å². The van der Waals surface area contributed by atoms with Crippen LogP contribution < -0.4 is 5.32 Å². The van der Waals surface area contributed by atoms with Crippen molar-refractivity contribution in [3.8, 4) is 0 Å². The Hall–Kier alpha value is -2.01. The van der Waals surface area contributed by atoms with Crippen LogP contribution in [0.1, 0.15) is 35.9 Å². The zero-order chi connectivity index (χ0) is 16.2. The van der Waals surface area contributed by atoms with Crippen LogP contribution in [0.15, 0.2) is 30.6 Å². The first-order chi connectivity index (χ1) is 11.2. The second-order valence-electron chi connectivity index (χ2n) is 5.67. The van der Waals surface area contributed by atoms with E-state index < -0.39 is 0 Å². The highest BCUT2D eigenvalue weighted by Gasteiger charge is 2.22. The molecule has 0 bridgehead atoms. The predicted molar refractivity (Wildman–Crippen MR) is 91.8 cm³/mol. The number of hydrogen-bond donors (Lipinski definition) is 1. The highest BCUT2D eigenvalue weighted by atomic mass is 35.5. The van der Waals surface area contributed by atoms with Crippen LogP contribution in [0.5, 0.6) is 0 Å². The first-order valence-electron chi connectivity index (χ1n) is 8.01. The summed E-state index contributed by atoms with van der Waals surface area (Å²) in [4.78, 5) is 19.0. The average Bonchev–Trinajstić information content (AvgIpc) is 3.24. The van der Waals surface area contributed by atoms with Crippen molar-refractivity contribution in [1.29, 1.82) is 0 Å². The highest BCUT2D eigenvalue weighted by molar-refractivity contribution is 6.31. The molecule has 2 aromatic rings. The van der Waals surface area contributed by atoms with Crippen molar-refractivity contribution < 1.29 is 4.79 Å². The Morgan fingerprint density at radius 2 is 2.13 bits per heavy atom. The van der Waals surface area contributed by atoms with Crippen LogP contribution in [-0.4, -0.2) is 33.4 Å². The number of rotatable bonds is 5. The van der Waals surface area contributed by atoms with Crippen LogP contribution in [-0.2, 0) is 13.1 Å². The second-order valence-corrected chi connectivity index (χ2v) is 6.11. The van der Waals surface area contributed by atoms with Gasteiger partial charge in [0.05, 0.1) is 12.1 Å². The summed E-state index contributed by atoms with van der Waals surface area (Å²) in [5, 5.41) is 3.91. The number of likely N-dealkylation sites (tertiary alicyclic amines) is 1. The van der Waals surface area contributed by atoms with E-state index in [2.05, 4.69) is 21.8 Å². The van der Waals surface area contributed by atoms with E-state index in [1.165, 1.54) is 0 Å². The minimum absolute atomic E-state index is 0.0475. The Labute approximate surface area is 141 Å². The van der Waals surface area contributed by atoms with Crippen LogP contribution in [0.25, 0.3) is 0 Å². The molecule has 1 aromatic heterocycles. The van der Waals surface area contributed by atoms with E-state index in [-0.39, 0.29) is 5.91 Å². The van der Waals surface area contributed by atoms with E-state index in [1.807, 2.05) is 17.2 Å². The average molecular weight is 333 g/mol. The summed E-state index contributed by atoms with van der Waals surface area (Å²) in [5.74, 6) is 0.994. The van der Waals surface area contributed by atoms with Gasteiger partial charge in [0.25, 0.3) is 5.91 Å². The van der Waals surface area contributed by atoms with Crippen LogP contribution in [0.3, 0.4) is 0 Å². The van der Waals surface area contributed by atoms with Crippen LogP contribution in [0.4, 0.5) is 5.69 Å². The fourth-order valence-electron chi connectivity index (χ4n) is 2.91. The highest BCUT2D eigenvalue weighted by Crippen LogP contribution is 2.24. The number of imidazole rings is 1. The number of amides is 1. The van der Waals surface area contributed by atoms with Crippen LogP contribution in [0.2, 0.25) is 5.02 Å². The zero-order valence-corrected chi connectivity index (χ0v) is 14.0. The number of carbonyl (C=O) groups is 1. The maximum atomic E-state index is 12.7. The molecule has 5 nitrogen and oxygen atoms in total. The Kier molecular flexibility index (Phi) is 4.86. The first-order valence-corrected chi connectivity index (χ1v) is 8.39. The molecule has 0 atom stereocenters. The standard InChI is InChI=1S/C17H21ClN4O/c1-2-21-10-7-19-16(21)12-20-15-6-5-13(18)11-14(15)17(23)22-8-3-4-9-22/h5-7,10-11,20H,2-4,8-9,12H2,1H3. The lowest BCUT2D eigenvalue weighted by Crippen LogP contribution is -2.28. The smallest absolute Gasteiger partial charge is 0.256 e. The van der Waals surface area contributed by atoms with Crippen LogP contribution >= 0.6 is 11.6 Å². The molecule has 1 N–H and O–H groups in total. The van der Waals surface area contributed by atoms with Gasteiger partial charge in [-0.15, -0.1) is 0 Å². The molecule has 6 heteroatoms. The number of halogens is 1. The minimum Gasteiger partial charge on any atom is -0.377 e. The van der Waals surface area contributed by atoms with E-state index in [1.54, 1.807) is 18.3 Å². The largest absolute Gasteiger partial charge is 0.377 e. The topological polar surface area (TPSA) is 50.2 Å². The summed E-state index contributed by atoms with van der Waals surface area (Å²) in [6.07, 6.45) is 5.89. The number of nitrogens with zero attached hydrogens (tertiary/aromatic N) is 3. The zero-order valence-electron chi connectivity index (χ0n) is 13.3. The third-order valence-corrected chi connectivity index (χ3v) is 4.42. The molecule has 1 saturated heterocycles. The number of carbonyl (C=O) groups excluding carboxylic acids is 1. The van der Waals surface area contributed by atoms with Crippen molar-refractivity contribution in [2.45, 2.75) is 32.9 Å². The van der Waals surface area contributed by atoms with Crippen molar-refractivity contribution >= 4 is 23.2 Å². The van der Waals surface area contributed by atoms with Gasteiger partial charge in [0.15, 0.2) is 0 Å². The lowest BCUT2D eigenvalue weighted by atomic mass is 10.1. The first kappa shape index (κ1) is 15.9. The maximum Gasteiger partial charge on any atom is 0.256 e. The summed E-state index contributed by atoms with van der Waals surface area (Å²) in [6.45, 7) is 5.17. The molecule has 1 amide bonds. The lowest BCUT2D eigenvalue weighted by Gasteiger charge is -2.18. The lowest BCUT2D eigenvalue weighted by molar-refractivity contribution is 0.0793. The quantitative estimate of drug-likeness (QED) is 0.913. The van der Waals surface area contributed by atoms with Gasteiger partial charge in [0, 0.05) is 42.7 Å².